The van der Waals surface area contributed by atoms with E-state index in [0.717, 1.165) is 23.2 Å². The van der Waals surface area contributed by atoms with Gasteiger partial charge >= 0.3 is 5.97 Å². The van der Waals surface area contributed by atoms with E-state index in [1.165, 1.54) is 0 Å². The van der Waals surface area contributed by atoms with Crippen molar-refractivity contribution >= 4 is 32.6 Å². The number of aryl methyl sites for hydroxylation is 1. The summed E-state index contributed by atoms with van der Waals surface area (Å²) in [6.07, 6.45) is 2.74. The molecular formula is C13H12N4O4S. The van der Waals surface area contributed by atoms with Gasteiger partial charge in [0.05, 0.1) is 17.4 Å². The van der Waals surface area contributed by atoms with Crippen LogP contribution in [0.5, 0.6) is 0 Å². The number of rotatable bonds is 4. The number of aromatic amines is 2. The third-order valence-electron chi connectivity index (χ3n) is 3.28. The number of hydrogen-bond donors (Lipinski definition) is 4. The van der Waals surface area contributed by atoms with Crippen molar-refractivity contribution in [3.63, 3.8) is 0 Å². The van der Waals surface area contributed by atoms with Crippen LogP contribution in [0.1, 0.15) is 16.1 Å². The zero-order valence-electron chi connectivity index (χ0n) is 11.4. The van der Waals surface area contributed by atoms with E-state index in [1.54, 1.807) is 18.3 Å². The molecule has 0 aliphatic heterocycles. The Labute approximate surface area is 125 Å². The molecule has 0 spiro atoms. The van der Waals surface area contributed by atoms with Gasteiger partial charge in [-0.1, -0.05) is 6.07 Å². The number of aromatic carboxylic acids is 1. The van der Waals surface area contributed by atoms with Crippen LogP contribution in [-0.4, -0.2) is 34.7 Å². The molecule has 8 nitrogen and oxygen atoms in total. The highest BCUT2D eigenvalue weighted by atomic mass is 32.2. The van der Waals surface area contributed by atoms with Gasteiger partial charge in [0.1, 0.15) is 10.6 Å². The van der Waals surface area contributed by atoms with Gasteiger partial charge in [-0.05, 0) is 24.6 Å². The van der Waals surface area contributed by atoms with Gasteiger partial charge < -0.3 is 10.1 Å². The van der Waals surface area contributed by atoms with E-state index in [4.69, 9.17) is 5.11 Å². The molecular weight excluding hydrogens is 308 g/mol. The number of nitrogens with one attached hydrogen (secondary N) is 3. The summed E-state index contributed by atoms with van der Waals surface area (Å²) in [6, 6.07) is 4.46. The zero-order chi connectivity index (χ0) is 15.9. The molecule has 0 saturated carbocycles. The Balaban J connectivity index is 2.01. The lowest BCUT2D eigenvalue weighted by atomic mass is 10.1. The van der Waals surface area contributed by atoms with Gasteiger partial charge in [-0.3, -0.25) is 9.82 Å². The van der Waals surface area contributed by atoms with Gasteiger partial charge in [0.2, 0.25) is 0 Å². The van der Waals surface area contributed by atoms with Crippen molar-refractivity contribution < 1.29 is 18.3 Å². The third kappa shape index (κ3) is 2.31. The second-order valence-corrected chi connectivity index (χ2v) is 6.43. The van der Waals surface area contributed by atoms with Gasteiger partial charge in [-0.2, -0.15) is 5.10 Å². The molecule has 0 saturated heterocycles. The van der Waals surface area contributed by atoms with Gasteiger partial charge in [0.15, 0.2) is 0 Å². The van der Waals surface area contributed by atoms with E-state index < -0.39 is 16.0 Å². The first-order valence-corrected chi connectivity index (χ1v) is 7.74. The van der Waals surface area contributed by atoms with E-state index in [1.807, 2.05) is 6.92 Å². The van der Waals surface area contributed by atoms with Crippen molar-refractivity contribution in [1.29, 1.82) is 0 Å². The second kappa shape index (κ2) is 4.88. The summed E-state index contributed by atoms with van der Waals surface area (Å²) >= 11 is 0. The molecule has 4 N–H and O–H groups in total. The molecule has 0 aliphatic rings. The highest BCUT2D eigenvalue weighted by molar-refractivity contribution is 7.92. The minimum absolute atomic E-state index is 0.154. The van der Waals surface area contributed by atoms with Crippen molar-refractivity contribution in [3.8, 4) is 0 Å². The molecule has 0 bridgehead atoms. The van der Waals surface area contributed by atoms with Gasteiger partial charge in [0.25, 0.3) is 10.0 Å². The summed E-state index contributed by atoms with van der Waals surface area (Å²) in [5.74, 6) is -1.23. The smallest absolute Gasteiger partial charge is 0.352 e. The quantitative estimate of drug-likeness (QED) is 0.581. The first-order chi connectivity index (χ1) is 10.4. The minimum atomic E-state index is -3.90. The molecule has 0 atom stereocenters. The number of H-pyrrole nitrogens is 2. The Morgan fingerprint density at radius 3 is 2.82 bits per heavy atom. The van der Waals surface area contributed by atoms with Crippen molar-refractivity contribution in [2.24, 2.45) is 0 Å². The van der Waals surface area contributed by atoms with Crippen LogP contribution in [0.25, 0.3) is 10.9 Å². The highest BCUT2D eigenvalue weighted by Crippen LogP contribution is 2.26. The Morgan fingerprint density at radius 1 is 1.36 bits per heavy atom. The number of fused-ring (bicyclic) bond motifs is 1. The van der Waals surface area contributed by atoms with Crippen molar-refractivity contribution in [2.45, 2.75) is 11.8 Å². The summed E-state index contributed by atoms with van der Waals surface area (Å²) in [7, 11) is -3.90. The van der Waals surface area contributed by atoms with Crippen molar-refractivity contribution in [3.05, 3.63) is 41.9 Å². The molecule has 1 aromatic carbocycles. The van der Waals surface area contributed by atoms with E-state index in [-0.39, 0.29) is 10.6 Å². The molecule has 2 heterocycles. The van der Waals surface area contributed by atoms with Crippen LogP contribution in [0.3, 0.4) is 0 Å². The molecule has 0 aliphatic carbocycles. The van der Waals surface area contributed by atoms with Crippen LogP contribution < -0.4 is 4.72 Å². The van der Waals surface area contributed by atoms with Crippen LogP contribution >= 0.6 is 0 Å². The number of carbonyl (C=O) groups is 1. The number of sulfonamides is 1. The summed E-state index contributed by atoms with van der Waals surface area (Å²) < 4.78 is 27.1. The first kappa shape index (κ1) is 14.1. The average molecular weight is 320 g/mol. The number of anilines is 1. The second-order valence-electron chi connectivity index (χ2n) is 4.75. The maximum atomic E-state index is 12.3. The highest BCUT2D eigenvalue weighted by Gasteiger charge is 2.19. The predicted octanol–water partition coefficient (Wildman–Crippen LogP) is 1.70. The number of carboxylic acid groups (broad SMARTS) is 1. The molecule has 22 heavy (non-hydrogen) atoms. The summed E-state index contributed by atoms with van der Waals surface area (Å²) in [5.41, 5.74) is 1.67. The predicted molar refractivity (Wildman–Crippen MR) is 79.4 cm³/mol. The van der Waals surface area contributed by atoms with Crippen molar-refractivity contribution in [2.75, 3.05) is 4.72 Å². The summed E-state index contributed by atoms with van der Waals surface area (Å²) in [5, 5.41) is 16.3. The lowest BCUT2D eigenvalue weighted by Crippen LogP contribution is -2.12. The van der Waals surface area contributed by atoms with Gasteiger partial charge in [-0.15, -0.1) is 0 Å². The third-order valence-corrected chi connectivity index (χ3v) is 4.62. The first-order valence-electron chi connectivity index (χ1n) is 6.26. The molecule has 3 rings (SSSR count). The molecule has 0 radical (unpaired) electrons. The lowest BCUT2D eigenvalue weighted by Gasteiger charge is -2.08. The van der Waals surface area contributed by atoms with E-state index >= 15 is 0 Å². The topological polar surface area (TPSA) is 128 Å². The molecule has 114 valence electrons. The number of benzene rings is 1. The Kier molecular flexibility index (Phi) is 3.14. The molecule has 2 aromatic heterocycles. The van der Waals surface area contributed by atoms with Crippen molar-refractivity contribution in [1.82, 2.24) is 15.2 Å². The SMILES string of the molecule is Cc1ccc(NS(=O)(=O)c2c[nH]c(C(=O)O)c2)c2[nH]ncc12. The van der Waals surface area contributed by atoms with Crippen LogP contribution in [0.4, 0.5) is 5.69 Å². The lowest BCUT2D eigenvalue weighted by molar-refractivity contribution is 0.0691. The van der Waals surface area contributed by atoms with Crippen LogP contribution in [0, 0.1) is 6.92 Å². The fraction of sp³-hybridized carbons (Fsp3) is 0.0769. The Morgan fingerprint density at radius 2 is 2.14 bits per heavy atom. The van der Waals surface area contributed by atoms with E-state index in [9.17, 15) is 13.2 Å². The van der Waals surface area contributed by atoms with Gasteiger partial charge in [-0.25, -0.2) is 13.2 Å². The Hall–Kier alpha value is -2.81. The molecule has 0 amide bonds. The largest absolute Gasteiger partial charge is 0.477 e. The summed E-state index contributed by atoms with van der Waals surface area (Å²) in [6.45, 7) is 1.89. The molecule has 0 fully saturated rings. The normalized spacial score (nSPS) is 11.7. The fourth-order valence-corrected chi connectivity index (χ4v) is 3.18. The fourth-order valence-electron chi connectivity index (χ4n) is 2.11. The number of aromatic nitrogens is 3. The van der Waals surface area contributed by atoms with Crippen LogP contribution in [0.15, 0.2) is 35.5 Å². The number of hydrogen-bond acceptors (Lipinski definition) is 4. The number of carboxylic acids is 1. The average Bonchev–Trinajstić information content (AvgIpc) is 3.10. The molecule has 3 aromatic rings. The van der Waals surface area contributed by atoms with Crippen LogP contribution in [-0.2, 0) is 10.0 Å². The van der Waals surface area contributed by atoms with E-state index in [2.05, 4.69) is 19.9 Å². The zero-order valence-corrected chi connectivity index (χ0v) is 12.2. The molecule has 9 heteroatoms. The van der Waals surface area contributed by atoms with Crippen LogP contribution in [0.2, 0.25) is 0 Å². The standard InChI is InChI=1S/C13H12N4O4S/c1-7-2-3-10(12-9(7)6-15-16-12)17-22(20,21)8-4-11(13(18)19)14-5-8/h2-6,14,17H,1H3,(H,15,16)(H,18,19). The summed E-state index contributed by atoms with van der Waals surface area (Å²) in [4.78, 5) is 13.1. The number of nitrogens with zero attached hydrogens (tertiary/aromatic N) is 1. The molecule has 0 unspecified atom stereocenters. The Bertz CT molecular complexity index is 971. The van der Waals surface area contributed by atoms with Gasteiger partial charge in [0, 0.05) is 11.6 Å². The monoisotopic (exact) mass is 320 g/mol. The maximum Gasteiger partial charge on any atom is 0.352 e. The van der Waals surface area contributed by atoms with E-state index in [0.29, 0.717) is 11.2 Å². The minimum Gasteiger partial charge on any atom is -0.477 e. The maximum absolute atomic E-state index is 12.3.